The van der Waals surface area contributed by atoms with Gasteiger partial charge in [0.1, 0.15) is 0 Å². The fraction of sp³-hybridized carbons (Fsp3) is 0.533. The number of halogens is 2. The lowest BCUT2D eigenvalue weighted by molar-refractivity contribution is -0.121. The number of hydrogen-bond acceptors (Lipinski definition) is 3. The van der Waals surface area contributed by atoms with Gasteiger partial charge in [0.05, 0.1) is 16.7 Å². The Morgan fingerprint density at radius 1 is 1.29 bits per heavy atom. The first kappa shape index (κ1) is 18.2. The molecule has 0 heterocycles. The zero-order valence-corrected chi connectivity index (χ0v) is 13.9. The molecule has 0 aromatic heterocycles. The number of carbonyl (C=O) groups excluding carboxylic acids is 1. The summed E-state index contributed by atoms with van der Waals surface area (Å²) >= 11 is 12.0. The van der Waals surface area contributed by atoms with Gasteiger partial charge >= 0.3 is 0 Å². The van der Waals surface area contributed by atoms with Gasteiger partial charge in [-0.3, -0.25) is 4.79 Å². The van der Waals surface area contributed by atoms with Gasteiger partial charge in [-0.05, 0) is 24.1 Å². The topological polar surface area (TPSA) is 50.4 Å². The number of ether oxygens (including phenoxy) is 1. The Morgan fingerprint density at radius 2 is 2.05 bits per heavy atom. The molecule has 0 radical (unpaired) electrons. The molecular formula is C15H22Cl2N2O2. The second-order valence-corrected chi connectivity index (χ2v) is 5.50. The quantitative estimate of drug-likeness (QED) is 0.683. The van der Waals surface area contributed by atoms with E-state index in [0.29, 0.717) is 36.2 Å². The molecule has 0 saturated heterocycles. The third-order valence-electron chi connectivity index (χ3n) is 3.13. The number of rotatable bonds is 9. The van der Waals surface area contributed by atoms with Crippen molar-refractivity contribution < 1.29 is 9.53 Å². The van der Waals surface area contributed by atoms with Crippen LogP contribution in [0.4, 0.5) is 0 Å². The number of hydrogen-bond donors (Lipinski definition) is 2. The highest BCUT2D eigenvalue weighted by molar-refractivity contribution is 6.42. The van der Waals surface area contributed by atoms with Crippen LogP contribution in [0.25, 0.3) is 0 Å². The van der Waals surface area contributed by atoms with Crippen molar-refractivity contribution in [3.8, 4) is 0 Å². The molecule has 1 amide bonds. The molecule has 6 heteroatoms. The van der Waals surface area contributed by atoms with E-state index in [1.54, 1.807) is 13.2 Å². The van der Waals surface area contributed by atoms with Crippen molar-refractivity contribution in [3.05, 3.63) is 33.8 Å². The van der Waals surface area contributed by atoms with Crippen LogP contribution >= 0.6 is 23.2 Å². The van der Waals surface area contributed by atoms with E-state index >= 15 is 0 Å². The van der Waals surface area contributed by atoms with Crippen molar-refractivity contribution in [1.29, 1.82) is 0 Å². The predicted molar refractivity (Wildman–Crippen MR) is 87.0 cm³/mol. The Kier molecular flexibility index (Phi) is 8.69. The van der Waals surface area contributed by atoms with Crippen molar-refractivity contribution in [1.82, 2.24) is 10.6 Å². The normalized spacial score (nSPS) is 12.2. The third-order valence-corrected chi connectivity index (χ3v) is 3.86. The third kappa shape index (κ3) is 6.66. The van der Waals surface area contributed by atoms with Crippen LogP contribution < -0.4 is 10.6 Å². The van der Waals surface area contributed by atoms with Crippen molar-refractivity contribution in [2.45, 2.75) is 25.8 Å². The van der Waals surface area contributed by atoms with Gasteiger partial charge in [0.15, 0.2) is 0 Å². The molecular weight excluding hydrogens is 311 g/mol. The van der Waals surface area contributed by atoms with Gasteiger partial charge in [0, 0.05) is 32.7 Å². The molecule has 21 heavy (non-hydrogen) atoms. The SMILES string of the molecule is CCC(NCCC(=O)NCCOC)c1ccc(Cl)c(Cl)c1. The molecule has 1 aromatic carbocycles. The second kappa shape index (κ2) is 10.0. The van der Waals surface area contributed by atoms with E-state index in [0.717, 1.165) is 12.0 Å². The van der Waals surface area contributed by atoms with Crippen LogP contribution in [-0.2, 0) is 9.53 Å². The van der Waals surface area contributed by atoms with Crippen molar-refractivity contribution >= 4 is 29.1 Å². The van der Waals surface area contributed by atoms with E-state index < -0.39 is 0 Å². The van der Waals surface area contributed by atoms with Crippen LogP contribution in [0.3, 0.4) is 0 Å². The smallest absolute Gasteiger partial charge is 0.221 e. The monoisotopic (exact) mass is 332 g/mol. The van der Waals surface area contributed by atoms with Gasteiger partial charge in [-0.2, -0.15) is 0 Å². The van der Waals surface area contributed by atoms with Gasteiger partial charge in [-0.15, -0.1) is 0 Å². The van der Waals surface area contributed by atoms with Crippen LogP contribution in [0.2, 0.25) is 10.0 Å². The molecule has 0 saturated carbocycles. The van der Waals surface area contributed by atoms with E-state index in [1.807, 2.05) is 12.1 Å². The van der Waals surface area contributed by atoms with Gasteiger partial charge < -0.3 is 15.4 Å². The maximum absolute atomic E-state index is 11.6. The fourth-order valence-corrected chi connectivity index (χ4v) is 2.27. The minimum Gasteiger partial charge on any atom is -0.383 e. The summed E-state index contributed by atoms with van der Waals surface area (Å²) in [7, 11) is 1.61. The van der Waals surface area contributed by atoms with Crippen molar-refractivity contribution in [2.75, 3.05) is 26.8 Å². The Morgan fingerprint density at radius 3 is 2.67 bits per heavy atom. The lowest BCUT2D eigenvalue weighted by Crippen LogP contribution is -2.31. The predicted octanol–water partition coefficient (Wildman–Crippen LogP) is 3.19. The van der Waals surface area contributed by atoms with Crippen molar-refractivity contribution in [3.63, 3.8) is 0 Å². The number of benzene rings is 1. The Labute approximate surface area is 136 Å². The van der Waals surface area contributed by atoms with E-state index in [4.69, 9.17) is 27.9 Å². The van der Waals surface area contributed by atoms with Crippen LogP contribution in [0.5, 0.6) is 0 Å². The number of carbonyl (C=O) groups is 1. The molecule has 2 N–H and O–H groups in total. The first-order valence-electron chi connectivity index (χ1n) is 7.02. The Hall–Kier alpha value is -0.810. The second-order valence-electron chi connectivity index (χ2n) is 4.68. The molecule has 0 aliphatic carbocycles. The molecule has 0 aliphatic heterocycles. The summed E-state index contributed by atoms with van der Waals surface area (Å²) in [6.45, 7) is 3.76. The summed E-state index contributed by atoms with van der Waals surface area (Å²) in [6.07, 6.45) is 1.34. The summed E-state index contributed by atoms with van der Waals surface area (Å²) in [5, 5.41) is 7.25. The molecule has 0 spiro atoms. The van der Waals surface area contributed by atoms with E-state index in [1.165, 1.54) is 0 Å². The minimum atomic E-state index is 0.0172. The molecule has 1 aromatic rings. The van der Waals surface area contributed by atoms with Crippen LogP contribution in [0.15, 0.2) is 18.2 Å². The average Bonchev–Trinajstić information content (AvgIpc) is 2.47. The largest absolute Gasteiger partial charge is 0.383 e. The highest BCUT2D eigenvalue weighted by atomic mass is 35.5. The van der Waals surface area contributed by atoms with Gasteiger partial charge in [-0.1, -0.05) is 36.2 Å². The fourth-order valence-electron chi connectivity index (χ4n) is 1.97. The summed E-state index contributed by atoms with van der Waals surface area (Å²) in [4.78, 5) is 11.6. The molecule has 1 unspecified atom stereocenters. The standard InChI is InChI=1S/C15H22Cl2N2O2/c1-3-14(11-4-5-12(16)13(17)10-11)18-7-6-15(20)19-8-9-21-2/h4-5,10,14,18H,3,6-9H2,1-2H3,(H,19,20). The van der Waals surface area contributed by atoms with Gasteiger partial charge in [-0.25, -0.2) is 0 Å². The maximum Gasteiger partial charge on any atom is 0.221 e. The molecule has 0 bridgehead atoms. The van der Waals surface area contributed by atoms with Gasteiger partial charge in [0.25, 0.3) is 0 Å². The maximum atomic E-state index is 11.6. The highest BCUT2D eigenvalue weighted by Gasteiger charge is 2.11. The van der Waals surface area contributed by atoms with Crippen LogP contribution in [0.1, 0.15) is 31.4 Å². The lowest BCUT2D eigenvalue weighted by atomic mass is 10.0. The van der Waals surface area contributed by atoms with E-state index in [2.05, 4.69) is 17.6 Å². The minimum absolute atomic E-state index is 0.0172. The summed E-state index contributed by atoms with van der Waals surface area (Å²) in [5.74, 6) is 0.0172. The zero-order valence-electron chi connectivity index (χ0n) is 12.4. The highest BCUT2D eigenvalue weighted by Crippen LogP contribution is 2.26. The van der Waals surface area contributed by atoms with Crippen LogP contribution in [0, 0.1) is 0 Å². The summed E-state index contributed by atoms with van der Waals surface area (Å²) in [6, 6.07) is 5.77. The average molecular weight is 333 g/mol. The molecule has 0 aliphatic rings. The molecule has 4 nitrogen and oxygen atoms in total. The van der Waals surface area contributed by atoms with E-state index in [-0.39, 0.29) is 11.9 Å². The van der Waals surface area contributed by atoms with Crippen molar-refractivity contribution in [2.24, 2.45) is 0 Å². The number of nitrogens with one attached hydrogen (secondary N) is 2. The van der Waals surface area contributed by atoms with Gasteiger partial charge in [0.2, 0.25) is 5.91 Å². The number of amides is 1. The number of methoxy groups -OCH3 is 1. The summed E-state index contributed by atoms with van der Waals surface area (Å²) in [5.41, 5.74) is 1.08. The Bertz CT molecular complexity index is 455. The molecule has 1 atom stereocenters. The zero-order chi connectivity index (χ0) is 15.7. The van der Waals surface area contributed by atoms with E-state index in [9.17, 15) is 4.79 Å². The first-order chi connectivity index (χ1) is 10.1. The first-order valence-corrected chi connectivity index (χ1v) is 7.78. The Balaban J connectivity index is 2.40. The summed E-state index contributed by atoms with van der Waals surface area (Å²) < 4.78 is 4.88. The molecule has 0 fully saturated rings. The molecule has 1 rings (SSSR count). The molecule has 118 valence electrons. The van der Waals surface area contributed by atoms with Crippen LogP contribution in [-0.4, -0.2) is 32.7 Å². The lowest BCUT2D eigenvalue weighted by Gasteiger charge is -2.18.